The van der Waals surface area contributed by atoms with E-state index in [1.807, 2.05) is 16.8 Å². The maximum atomic E-state index is 9.01. The van der Waals surface area contributed by atoms with E-state index in [1.54, 1.807) is 17.4 Å². The van der Waals surface area contributed by atoms with Crippen molar-refractivity contribution in [1.29, 1.82) is 0 Å². The van der Waals surface area contributed by atoms with E-state index < -0.39 is 7.12 Å². The Morgan fingerprint density at radius 1 is 1.40 bits per heavy atom. The minimum Gasteiger partial charge on any atom is -0.423 e. The van der Waals surface area contributed by atoms with Gasteiger partial charge in [-0.3, -0.25) is 0 Å². The van der Waals surface area contributed by atoms with Crippen molar-refractivity contribution in [1.82, 2.24) is 4.98 Å². The normalized spacial score (nSPS) is 10.3. The Hall–Kier alpha value is -0.875. The molecular weight excluding hydrogens is 232 g/mol. The second-order valence-electron chi connectivity index (χ2n) is 2.99. The molecule has 0 atom stereocenters. The molecule has 15 heavy (non-hydrogen) atoms. The fraction of sp³-hybridized carbons (Fsp3) is 0. The topological polar surface area (TPSA) is 53.4 Å². The fourth-order valence-corrected chi connectivity index (χ4v) is 2.09. The molecular formula is C9H7BClNO2S. The summed E-state index contributed by atoms with van der Waals surface area (Å²) in [6, 6.07) is 3.53. The van der Waals surface area contributed by atoms with E-state index in [1.165, 1.54) is 6.20 Å². The first-order chi connectivity index (χ1) is 7.18. The molecule has 2 aromatic heterocycles. The number of thiophene rings is 1. The Labute approximate surface area is 96.1 Å². The monoisotopic (exact) mass is 239 g/mol. The molecule has 2 aromatic rings. The number of nitrogens with zero attached hydrogens (tertiary/aromatic N) is 1. The van der Waals surface area contributed by atoms with Gasteiger partial charge >= 0.3 is 7.12 Å². The molecule has 6 heteroatoms. The lowest BCUT2D eigenvalue weighted by Gasteiger charge is -2.04. The third kappa shape index (κ3) is 2.21. The summed E-state index contributed by atoms with van der Waals surface area (Å²) < 4.78 is 0. The number of aromatic nitrogens is 1. The second kappa shape index (κ2) is 4.32. The van der Waals surface area contributed by atoms with Crippen molar-refractivity contribution in [2.45, 2.75) is 0 Å². The number of pyridine rings is 1. The fourth-order valence-electron chi connectivity index (χ4n) is 1.23. The summed E-state index contributed by atoms with van der Waals surface area (Å²) in [4.78, 5) is 3.91. The summed E-state index contributed by atoms with van der Waals surface area (Å²) in [6.07, 6.45) is 1.35. The van der Waals surface area contributed by atoms with Crippen molar-refractivity contribution in [2.75, 3.05) is 0 Å². The van der Waals surface area contributed by atoms with Crippen molar-refractivity contribution in [3.63, 3.8) is 0 Å². The first-order valence-electron chi connectivity index (χ1n) is 4.22. The molecule has 3 nitrogen and oxygen atoms in total. The number of hydrogen-bond donors (Lipinski definition) is 2. The van der Waals surface area contributed by atoms with E-state index in [-0.39, 0.29) is 0 Å². The third-order valence-corrected chi connectivity index (χ3v) is 2.97. The Balaban J connectivity index is 2.51. The van der Waals surface area contributed by atoms with Gasteiger partial charge in [0.1, 0.15) is 5.15 Å². The van der Waals surface area contributed by atoms with Crippen LogP contribution >= 0.6 is 22.9 Å². The first kappa shape index (κ1) is 10.6. The van der Waals surface area contributed by atoms with Crippen LogP contribution < -0.4 is 5.46 Å². The number of hydrogen-bond acceptors (Lipinski definition) is 4. The molecule has 0 aliphatic carbocycles. The van der Waals surface area contributed by atoms with Gasteiger partial charge in [-0.15, -0.1) is 0 Å². The summed E-state index contributed by atoms with van der Waals surface area (Å²) in [5, 5.41) is 22.2. The zero-order valence-electron chi connectivity index (χ0n) is 7.59. The van der Waals surface area contributed by atoms with Crippen LogP contribution in [0.2, 0.25) is 5.15 Å². The Bertz CT molecular complexity index is 461. The standard InChI is InChI=1S/C9H7BClNO2S/c11-9-8(6-1-2-15-5-6)3-7(4-12-9)10(13)14/h1-5,13-14H. The van der Waals surface area contributed by atoms with E-state index in [2.05, 4.69) is 4.98 Å². The average Bonchev–Trinajstić information content (AvgIpc) is 2.71. The summed E-state index contributed by atoms with van der Waals surface area (Å²) in [5.41, 5.74) is 1.98. The molecule has 0 bridgehead atoms. The van der Waals surface area contributed by atoms with Gasteiger partial charge in [-0.25, -0.2) is 4.98 Å². The van der Waals surface area contributed by atoms with Gasteiger partial charge in [0, 0.05) is 17.2 Å². The van der Waals surface area contributed by atoms with E-state index in [0.29, 0.717) is 16.2 Å². The van der Waals surface area contributed by atoms with E-state index in [9.17, 15) is 0 Å². The number of rotatable bonds is 2. The highest BCUT2D eigenvalue weighted by Gasteiger charge is 2.14. The van der Waals surface area contributed by atoms with Gasteiger partial charge in [0.2, 0.25) is 0 Å². The van der Waals surface area contributed by atoms with Gasteiger partial charge in [-0.1, -0.05) is 11.6 Å². The molecule has 0 aliphatic heterocycles. The molecule has 76 valence electrons. The van der Waals surface area contributed by atoms with Crippen molar-refractivity contribution < 1.29 is 10.0 Å². The van der Waals surface area contributed by atoms with Crippen molar-refractivity contribution >= 4 is 35.5 Å². The highest BCUT2D eigenvalue weighted by molar-refractivity contribution is 7.08. The molecule has 2 heterocycles. The van der Waals surface area contributed by atoms with E-state index in [4.69, 9.17) is 21.6 Å². The quantitative estimate of drug-likeness (QED) is 0.610. The molecule has 2 N–H and O–H groups in total. The van der Waals surface area contributed by atoms with Gasteiger partial charge in [0.25, 0.3) is 0 Å². The van der Waals surface area contributed by atoms with Crippen LogP contribution in [0.15, 0.2) is 29.1 Å². The SMILES string of the molecule is OB(O)c1cnc(Cl)c(-c2ccsc2)c1. The molecule has 0 fully saturated rings. The minimum atomic E-state index is -1.52. The van der Waals surface area contributed by atoms with Gasteiger partial charge in [-0.2, -0.15) is 11.3 Å². The lowest BCUT2D eigenvalue weighted by molar-refractivity contribution is 0.425. The van der Waals surface area contributed by atoms with Crippen LogP contribution in [-0.4, -0.2) is 22.2 Å². The molecule has 2 rings (SSSR count). The lowest BCUT2D eigenvalue weighted by atomic mass is 9.81. The molecule has 0 radical (unpaired) electrons. The van der Waals surface area contributed by atoms with Crippen LogP contribution in [0.3, 0.4) is 0 Å². The summed E-state index contributed by atoms with van der Waals surface area (Å²) >= 11 is 7.47. The van der Waals surface area contributed by atoms with Crippen LogP contribution in [0.5, 0.6) is 0 Å². The summed E-state index contributed by atoms with van der Waals surface area (Å²) in [6.45, 7) is 0. The van der Waals surface area contributed by atoms with E-state index >= 15 is 0 Å². The van der Waals surface area contributed by atoms with Crippen LogP contribution in [0, 0.1) is 0 Å². The highest BCUT2D eigenvalue weighted by Crippen LogP contribution is 2.26. The third-order valence-electron chi connectivity index (χ3n) is 1.99. The lowest BCUT2D eigenvalue weighted by Crippen LogP contribution is -2.30. The molecule has 0 spiro atoms. The zero-order chi connectivity index (χ0) is 10.8. The smallest absolute Gasteiger partial charge is 0.423 e. The molecule has 0 aromatic carbocycles. The van der Waals surface area contributed by atoms with Crippen LogP contribution in [-0.2, 0) is 0 Å². The minimum absolute atomic E-state index is 0.334. The maximum Gasteiger partial charge on any atom is 0.490 e. The van der Waals surface area contributed by atoms with Crippen molar-refractivity contribution in [2.24, 2.45) is 0 Å². The van der Waals surface area contributed by atoms with Crippen LogP contribution in [0.4, 0.5) is 0 Å². The predicted molar refractivity (Wildman–Crippen MR) is 62.4 cm³/mol. The summed E-state index contributed by atoms with van der Waals surface area (Å²) in [7, 11) is -1.52. The Morgan fingerprint density at radius 2 is 2.20 bits per heavy atom. The first-order valence-corrected chi connectivity index (χ1v) is 5.54. The maximum absolute atomic E-state index is 9.01. The predicted octanol–water partition coefficient (Wildman–Crippen LogP) is 1.14. The van der Waals surface area contributed by atoms with Gasteiger partial charge < -0.3 is 10.0 Å². The van der Waals surface area contributed by atoms with Gasteiger partial charge in [0.15, 0.2) is 0 Å². The second-order valence-corrected chi connectivity index (χ2v) is 4.13. The molecule has 0 unspecified atom stereocenters. The van der Waals surface area contributed by atoms with Crippen LogP contribution in [0.25, 0.3) is 11.1 Å². The Kier molecular flexibility index (Phi) is 3.07. The van der Waals surface area contributed by atoms with Crippen molar-refractivity contribution in [3.8, 4) is 11.1 Å². The van der Waals surface area contributed by atoms with Crippen LogP contribution in [0.1, 0.15) is 0 Å². The highest BCUT2D eigenvalue weighted by atomic mass is 35.5. The molecule has 0 aliphatic rings. The molecule has 0 amide bonds. The largest absolute Gasteiger partial charge is 0.490 e. The average molecular weight is 239 g/mol. The molecule has 0 saturated heterocycles. The molecule has 0 saturated carbocycles. The summed E-state index contributed by atoms with van der Waals surface area (Å²) in [5.74, 6) is 0. The zero-order valence-corrected chi connectivity index (χ0v) is 9.16. The Morgan fingerprint density at radius 3 is 2.80 bits per heavy atom. The van der Waals surface area contributed by atoms with Gasteiger partial charge in [-0.05, 0) is 28.5 Å². The van der Waals surface area contributed by atoms with E-state index in [0.717, 1.165) is 5.56 Å². The number of halogens is 1. The van der Waals surface area contributed by atoms with Crippen molar-refractivity contribution in [3.05, 3.63) is 34.2 Å². The van der Waals surface area contributed by atoms with Gasteiger partial charge in [0.05, 0.1) is 0 Å².